The fourth-order valence-electron chi connectivity index (χ4n) is 1.57. The van der Waals surface area contributed by atoms with Crippen molar-refractivity contribution < 1.29 is 14.3 Å². The number of hydrogen-bond donors (Lipinski definition) is 1. The van der Waals surface area contributed by atoms with E-state index in [0.717, 1.165) is 12.8 Å². The van der Waals surface area contributed by atoms with E-state index in [2.05, 4.69) is 5.32 Å². The van der Waals surface area contributed by atoms with Gasteiger partial charge >= 0.3 is 5.97 Å². The molecule has 0 aliphatic carbocycles. The molecule has 1 N–H and O–H groups in total. The van der Waals surface area contributed by atoms with Gasteiger partial charge in [-0.15, -0.1) is 0 Å². The van der Waals surface area contributed by atoms with Crippen LogP contribution in [0.2, 0.25) is 0 Å². The molecular weight excluding hydrogens is 230 g/mol. The maximum atomic E-state index is 11.4. The van der Waals surface area contributed by atoms with E-state index >= 15 is 0 Å². The van der Waals surface area contributed by atoms with Gasteiger partial charge in [-0.3, -0.25) is 9.59 Å². The van der Waals surface area contributed by atoms with Gasteiger partial charge in [-0.25, -0.2) is 0 Å². The lowest BCUT2D eigenvalue weighted by Gasteiger charge is -2.05. The lowest BCUT2D eigenvalue weighted by Crippen LogP contribution is -2.30. The number of esters is 1. The summed E-state index contributed by atoms with van der Waals surface area (Å²) in [6.45, 7) is 2.03. The molecule has 0 spiro atoms. The minimum absolute atomic E-state index is 0.0436. The topological polar surface area (TPSA) is 55.4 Å². The van der Waals surface area contributed by atoms with Gasteiger partial charge in [0.25, 0.3) is 0 Å². The van der Waals surface area contributed by atoms with Gasteiger partial charge in [0, 0.05) is 6.42 Å². The summed E-state index contributed by atoms with van der Waals surface area (Å²) in [5.74, 6) is -0.507. The minimum atomic E-state index is -0.395. The summed E-state index contributed by atoms with van der Waals surface area (Å²) in [7, 11) is 0. The molecule has 0 fully saturated rings. The van der Waals surface area contributed by atoms with Crippen LogP contribution >= 0.6 is 0 Å². The molecule has 0 aliphatic rings. The summed E-state index contributed by atoms with van der Waals surface area (Å²) in [5, 5.41) is 2.54. The summed E-state index contributed by atoms with van der Waals surface area (Å²) >= 11 is 0. The molecule has 0 unspecified atom stereocenters. The molecule has 0 aliphatic heterocycles. The molecule has 0 heterocycles. The maximum absolute atomic E-state index is 11.4. The van der Waals surface area contributed by atoms with E-state index in [1.165, 1.54) is 5.56 Å². The summed E-state index contributed by atoms with van der Waals surface area (Å²) < 4.78 is 4.71. The van der Waals surface area contributed by atoms with E-state index in [-0.39, 0.29) is 12.5 Å². The third-order valence-corrected chi connectivity index (χ3v) is 2.45. The predicted molar refractivity (Wildman–Crippen MR) is 69.0 cm³/mol. The molecule has 18 heavy (non-hydrogen) atoms. The summed E-state index contributed by atoms with van der Waals surface area (Å²) in [5.41, 5.74) is 1.22. The molecule has 1 aromatic carbocycles. The fourth-order valence-corrected chi connectivity index (χ4v) is 1.57. The average molecular weight is 249 g/mol. The van der Waals surface area contributed by atoms with Crippen molar-refractivity contribution >= 4 is 11.9 Å². The molecule has 0 saturated carbocycles. The Bertz CT molecular complexity index is 376. The molecule has 4 heteroatoms. The lowest BCUT2D eigenvalue weighted by molar-refractivity contribution is -0.143. The molecule has 0 atom stereocenters. The number of ether oxygens (including phenoxy) is 1. The first-order valence-corrected chi connectivity index (χ1v) is 6.18. The Morgan fingerprint density at radius 3 is 2.61 bits per heavy atom. The van der Waals surface area contributed by atoms with Gasteiger partial charge in [0.15, 0.2) is 0 Å². The van der Waals surface area contributed by atoms with Crippen LogP contribution in [0.4, 0.5) is 0 Å². The quantitative estimate of drug-likeness (QED) is 0.748. The lowest BCUT2D eigenvalue weighted by atomic mass is 10.1. The second-order valence-electron chi connectivity index (χ2n) is 3.92. The van der Waals surface area contributed by atoms with Crippen LogP contribution in [0.25, 0.3) is 0 Å². The monoisotopic (exact) mass is 249 g/mol. The van der Waals surface area contributed by atoms with Gasteiger partial charge in [-0.05, 0) is 25.3 Å². The van der Waals surface area contributed by atoms with E-state index in [4.69, 9.17) is 4.74 Å². The van der Waals surface area contributed by atoms with Crippen LogP contribution in [0.5, 0.6) is 0 Å². The number of aryl methyl sites for hydroxylation is 1. The van der Waals surface area contributed by atoms with Crippen LogP contribution in [-0.2, 0) is 20.7 Å². The van der Waals surface area contributed by atoms with E-state index < -0.39 is 5.97 Å². The van der Waals surface area contributed by atoms with E-state index in [1.54, 1.807) is 6.92 Å². The van der Waals surface area contributed by atoms with Crippen LogP contribution in [0.3, 0.4) is 0 Å². The first kappa shape index (κ1) is 14.2. The van der Waals surface area contributed by atoms with Crippen LogP contribution in [-0.4, -0.2) is 25.0 Å². The molecule has 0 radical (unpaired) electrons. The predicted octanol–water partition coefficient (Wildman–Crippen LogP) is 1.69. The van der Waals surface area contributed by atoms with Crippen molar-refractivity contribution in [1.29, 1.82) is 0 Å². The second-order valence-corrected chi connectivity index (χ2v) is 3.92. The minimum Gasteiger partial charge on any atom is -0.465 e. The number of rotatable bonds is 7. The van der Waals surface area contributed by atoms with Gasteiger partial charge in [0.2, 0.25) is 5.91 Å². The highest BCUT2D eigenvalue weighted by molar-refractivity contribution is 5.81. The number of hydrogen-bond acceptors (Lipinski definition) is 3. The number of carbonyl (C=O) groups is 2. The third kappa shape index (κ3) is 6.03. The number of benzene rings is 1. The number of carbonyl (C=O) groups excluding carboxylic acids is 2. The molecular formula is C14H19NO3. The molecule has 4 nitrogen and oxygen atoms in total. The smallest absolute Gasteiger partial charge is 0.325 e. The van der Waals surface area contributed by atoms with Crippen LogP contribution in [0.1, 0.15) is 25.3 Å². The van der Waals surface area contributed by atoms with Crippen LogP contribution in [0, 0.1) is 0 Å². The highest BCUT2D eigenvalue weighted by Gasteiger charge is 2.05. The average Bonchev–Trinajstić information content (AvgIpc) is 2.38. The number of nitrogens with one attached hydrogen (secondary N) is 1. The Labute approximate surface area is 107 Å². The summed E-state index contributed by atoms with van der Waals surface area (Å²) in [6, 6.07) is 10.0. The van der Waals surface area contributed by atoms with Crippen molar-refractivity contribution in [2.45, 2.75) is 26.2 Å². The zero-order valence-corrected chi connectivity index (χ0v) is 10.6. The van der Waals surface area contributed by atoms with Crippen LogP contribution < -0.4 is 5.32 Å². The molecule has 1 rings (SSSR count). The van der Waals surface area contributed by atoms with Crippen molar-refractivity contribution in [2.75, 3.05) is 13.2 Å². The van der Waals surface area contributed by atoms with Crippen molar-refractivity contribution in [1.82, 2.24) is 5.32 Å². The second kappa shape index (κ2) is 8.28. The van der Waals surface area contributed by atoms with Crippen LogP contribution in [0.15, 0.2) is 30.3 Å². The highest BCUT2D eigenvalue weighted by Crippen LogP contribution is 2.04. The first-order chi connectivity index (χ1) is 8.72. The summed E-state index contributed by atoms with van der Waals surface area (Å²) in [6.07, 6.45) is 2.07. The fraction of sp³-hybridized carbons (Fsp3) is 0.429. The summed E-state index contributed by atoms with van der Waals surface area (Å²) in [4.78, 5) is 22.4. The molecule has 0 aromatic heterocycles. The number of amides is 1. The van der Waals surface area contributed by atoms with Gasteiger partial charge in [0.1, 0.15) is 6.54 Å². The zero-order chi connectivity index (χ0) is 13.2. The molecule has 1 amide bonds. The van der Waals surface area contributed by atoms with Gasteiger partial charge in [-0.1, -0.05) is 30.3 Å². The Morgan fingerprint density at radius 1 is 1.22 bits per heavy atom. The molecule has 0 bridgehead atoms. The SMILES string of the molecule is CCOC(=O)CNC(=O)CCCc1ccccc1. The van der Waals surface area contributed by atoms with E-state index in [1.807, 2.05) is 30.3 Å². The largest absolute Gasteiger partial charge is 0.465 e. The van der Waals surface area contributed by atoms with Gasteiger partial charge < -0.3 is 10.1 Å². The van der Waals surface area contributed by atoms with Gasteiger partial charge in [0.05, 0.1) is 6.61 Å². The Morgan fingerprint density at radius 2 is 1.94 bits per heavy atom. The van der Waals surface area contributed by atoms with Crippen molar-refractivity contribution in [2.24, 2.45) is 0 Å². The molecule has 98 valence electrons. The highest BCUT2D eigenvalue weighted by atomic mass is 16.5. The molecule has 0 saturated heterocycles. The van der Waals surface area contributed by atoms with E-state index in [9.17, 15) is 9.59 Å². The first-order valence-electron chi connectivity index (χ1n) is 6.18. The standard InChI is InChI=1S/C14H19NO3/c1-2-18-14(17)11-15-13(16)10-6-9-12-7-4-3-5-8-12/h3-5,7-8H,2,6,9-11H2,1H3,(H,15,16). The van der Waals surface area contributed by atoms with Crippen molar-refractivity contribution in [3.63, 3.8) is 0 Å². The zero-order valence-electron chi connectivity index (χ0n) is 10.6. The Kier molecular flexibility index (Phi) is 6.54. The Hall–Kier alpha value is -1.84. The molecule has 1 aromatic rings. The van der Waals surface area contributed by atoms with Gasteiger partial charge in [-0.2, -0.15) is 0 Å². The van der Waals surface area contributed by atoms with Crippen molar-refractivity contribution in [3.05, 3.63) is 35.9 Å². The third-order valence-electron chi connectivity index (χ3n) is 2.45. The van der Waals surface area contributed by atoms with E-state index in [0.29, 0.717) is 13.0 Å². The maximum Gasteiger partial charge on any atom is 0.325 e. The normalized spacial score (nSPS) is 9.83. The Balaban J connectivity index is 2.12. The van der Waals surface area contributed by atoms with Crippen molar-refractivity contribution in [3.8, 4) is 0 Å².